The molecule has 1 fully saturated rings. The summed E-state index contributed by atoms with van der Waals surface area (Å²) < 4.78 is 0. The SMILES string of the molecule is CC(C)c1cccc(C2CNCCN2C)c1. The number of piperazine rings is 1. The monoisotopic (exact) mass is 218 g/mol. The van der Waals surface area contributed by atoms with E-state index in [1.807, 2.05) is 0 Å². The molecule has 0 spiro atoms. The second kappa shape index (κ2) is 4.98. The lowest BCUT2D eigenvalue weighted by molar-refractivity contribution is 0.202. The minimum atomic E-state index is 0.535. The average molecular weight is 218 g/mol. The zero-order valence-electron chi connectivity index (χ0n) is 10.5. The second-order valence-corrected chi connectivity index (χ2v) is 5.03. The summed E-state index contributed by atoms with van der Waals surface area (Å²) in [6, 6.07) is 9.56. The third-order valence-electron chi connectivity index (χ3n) is 3.47. The molecule has 1 N–H and O–H groups in total. The zero-order valence-corrected chi connectivity index (χ0v) is 10.5. The lowest BCUT2D eigenvalue weighted by Crippen LogP contribution is -2.43. The molecule has 2 nitrogen and oxygen atoms in total. The van der Waals surface area contributed by atoms with E-state index in [0.29, 0.717) is 12.0 Å². The van der Waals surface area contributed by atoms with Crippen molar-refractivity contribution in [3.05, 3.63) is 35.4 Å². The molecule has 0 bridgehead atoms. The number of likely N-dealkylation sites (N-methyl/N-ethyl adjacent to an activating group) is 1. The van der Waals surface area contributed by atoms with Gasteiger partial charge in [-0.15, -0.1) is 0 Å². The van der Waals surface area contributed by atoms with Crippen molar-refractivity contribution >= 4 is 0 Å². The summed E-state index contributed by atoms with van der Waals surface area (Å²) in [5.74, 6) is 0.613. The van der Waals surface area contributed by atoms with Crippen LogP contribution in [0.4, 0.5) is 0 Å². The van der Waals surface area contributed by atoms with Gasteiger partial charge in [0.05, 0.1) is 0 Å². The van der Waals surface area contributed by atoms with Crippen molar-refractivity contribution < 1.29 is 0 Å². The highest BCUT2D eigenvalue weighted by Gasteiger charge is 2.20. The first kappa shape index (κ1) is 11.6. The van der Waals surface area contributed by atoms with Gasteiger partial charge in [0.2, 0.25) is 0 Å². The molecule has 0 radical (unpaired) electrons. The quantitative estimate of drug-likeness (QED) is 0.820. The van der Waals surface area contributed by atoms with Crippen LogP contribution >= 0.6 is 0 Å². The van der Waals surface area contributed by atoms with Gasteiger partial charge in [0.1, 0.15) is 0 Å². The van der Waals surface area contributed by atoms with Crippen molar-refractivity contribution in [2.75, 3.05) is 26.7 Å². The van der Waals surface area contributed by atoms with Gasteiger partial charge >= 0.3 is 0 Å². The highest BCUT2D eigenvalue weighted by Crippen LogP contribution is 2.24. The van der Waals surface area contributed by atoms with Crippen molar-refractivity contribution in [2.45, 2.75) is 25.8 Å². The number of rotatable bonds is 2. The number of benzene rings is 1. The Kier molecular flexibility index (Phi) is 3.62. The van der Waals surface area contributed by atoms with Crippen molar-refractivity contribution in [1.82, 2.24) is 10.2 Å². The fourth-order valence-electron chi connectivity index (χ4n) is 2.30. The number of nitrogens with zero attached hydrogens (tertiary/aromatic N) is 1. The van der Waals surface area contributed by atoms with Gasteiger partial charge in [-0.25, -0.2) is 0 Å². The van der Waals surface area contributed by atoms with Crippen LogP contribution in [0.15, 0.2) is 24.3 Å². The van der Waals surface area contributed by atoms with Crippen LogP contribution in [0, 0.1) is 0 Å². The van der Waals surface area contributed by atoms with Gasteiger partial charge in [-0.05, 0) is 24.1 Å². The Labute approximate surface area is 98.7 Å². The standard InChI is InChI=1S/C14H22N2/c1-11(2)12-5-4-6-13(9-12)14-10-15-7-8-16(14)3/h4-6,9,11,14-15H,7-8,10H2,1-3H3. The van der Waals surface area contributed by atoms with E-state index < -0.39 is 0 Å². The fraction of sp³-hybridized carbons (Fsp3) is 0.571. The topological polar surface area (TPSA) is 15.3 Å². The molecule has 1 aliphatic heterocycles. The van der Waals surface area contributed by atoms with E-state index in [1.54, 1.807) is 0 Å². The van der Waals surface area contributed by atoms with Gasteiger partial charge in [0.15, 0.2) is 0 Å². The van der Waals surface area contributed by atoms with Crippen LogP contribution in [0.25, 0.3) is 0 Å². The highest BCUT2D eigenvalue weighted by atomic mass is 15.2. The van der Waals surface area contributed by atoms with Crippen molar-refractivity contribution in [3.8, 4) is 0 Å². The Morgan fingerprint density at radius 3 is 2.88 bits per heavy atom. The first-order chi connectivity index (χ1) is 7.68. The summed E-state index contributed by atoms with van der Waals surface area (Å²) in [5.41, 5.74) is 2.89. The third-order valence-corrected chi connectivity index (χ3v) is 3.47. The predicted octanol–water partition coefficient (Wildman–Crippen LogP) is 2.39. The molecule has 1 atom stereocenters. The normalized spacial score (nSPS) is 22.6. The van der Waals surface area contributed by atoms with Gasteiger partial charge < -0.3 is 5.32 Å². The molecule has 0 saturated carbocycles. The Hall–Kier alpha value is -0.860. The Bertz CT molecular complexity index is 346. The Balaban J connectivity index is 2.21. The van der Waals surface area contributed by atoms with Crippen molar-refractivity contribution in [3.63, 3.8) is 0 Å². The van der Waals surface area contributed by atoms with Gasteiger partial charge in [-0.2, -0.15) is 0 Å². The minimum Gasteiger partial charge on any atom is -0.314 e. The van der Waals surface area contributed by atoms with E-state index >= 15 is 0 Å². The van der Waals surface area contributed by atoms with Gasteiger partial charge in [0, 0.05) is 25.7 Å². The van der Waals surface area contributed by atoms with Gasteiger partial charge in [-0.3, -0.25) is 4.90 Å². The van der Waals surface area contributed by atoms with Crippen LogP contribution in [0.2, 0.25) is 0 Å². The smallest absolute Gasteiger partial charge is 0.0470 e. The van der Waals surface area contributed by atoms with Crippen LogP contribution in [0.1, 0.15) is 36.9 Å². The maximum Gasteiger partial charge on any atom is 0.0470 e. The van der Waals surface area contributed by atoms with Crippen LogP contribution in [0.5, 0.6) is 0 Å². The van der Waals surface area contributed by atoms with E-state index in [1.165, 1.54) is 11.1 Å². The molecule has 16 heavy (non-hydrogen) atoms. The molecule has 0 aromatic heterocycles. The maximum atomic E-state index is 3.47. The van der Waals surface area contributed by atoms with Crippen LogP contribution < -0.4 is 5.32 Å². The van der Waals surface area contributed by atoms with Gasteiger partial charge in [-0.1, -0.05) is 38.1 Å². The van der Waals surface area contributed by atoms with E-state index in [0.717, 1.165) is 19.6 Å². The lowest BCUT2D eigenvalue weighted by Gasteiger charge is -2.33. The lowest BCUT2D eigenvalue weighted by atomic mass is 9.96. The highest BCUT2D eigenvalue weighted by molar-refractivity contribution is 5.28. The van der Waals surface area contributed by atoms with Crippen LogP contribution in [-0.4, -0.2) is 31.6 Å². The summed E-state index contributed by atoms with van der Waals surface area (Å²) >= 11 is 0. The molecule has 0 aliphatic carbocycles. The molecule has 1 saturated heterocycles. The van der Waals surface area contributed by atoms with Gasteiger partial charge in [0.25, 0.3) is 0 Å². The molecular weight excluding hydrogens is 196 g/mol. The third kappa shape index (κ3) is 2.45. The summed E-state index contributed by atoms with van der Waals surface area (Å²) in [6.45, 7) is 7.81. The molecule has 2 heteroatoms. The number of hydrogen-bond donors (Lipinski definition) is 1. The Morgan fingerprint density at radius 1 is 1.38 bits per heavy atom. The summed E-state index contributed by atoms with van der Waals surface area (Å²) in [7, 11) is 2.22. The first-order valence-corrected chi connectivity index (χ1v) is 6.19. The van der Waals surface area contributed by atoms with Crippen molar-refractivity contribution in [1.29, 1.82) is 0 Å². The van der Waals surface area contributed by atoms with E-state index in [9.17, 15) is 0 Å². The summed E-state index contributed by atoms with van der Waals surface area (Å²) in [6.07, 6.45) is 0. The van der Waals surface area contributed by atoms with Crippen LogP contribution in [0.3, 0.4) is 0 Å². The first-order valence-electron chi connectivity index (χ1n) is 6.19. The molecule has 1 aromatic carbocycles. The Morgan fingerprint density at radius 2 is 2.19 bits per heavy atom. The molecule has 88 valence electrons. The molecule has 2 rings (SSSR count). The van der Waals surface area contributed by atoms with E-state index in [2.05, 4.69) is 55.4 Å². The molecule has 1 aromatic rings. The molecule has 1 unspecified atom stereocenters. The molecule has 0 amide bonds. The fourth-order valence-corrected chi connectivity index (χ4v) is 2.30. The minimum absolute atomic E-state index is 0.535. The maximum absolute atomic E-state index is 3.47. The number of hydrogen-bond acceptors (Lipinski definition) is 2. The molecular formula is C14H22N2. The predicted molar refractivity (Wildman–Crippen MR) is 68.8 cm³/mol. The number of nitrogens with one attached hydrogen (secondary N) is 1. The van der Waals surface area contributed by atoms with Crippen molar-refractivity contribution in [2.24, 2.45) is 0 Å². The second-order valence-electron chi connectivity index (χ2n) is 5.03. The molecule has 1 aliphatic rings. The summed E-state index contributed by atoms with van der Waals surface area (Å²) in [5, 5.41) is 3.47. The largest absolute Gasteiger partial charge is 0.314 e. The summed E-state index contributed by atoms with van der Waals surface area (Å²) in [4.78, 5) is 2.44. The average Bonchev–Trinajstić information content (AvgIpc) is 2.30. The zero-order chi connectivity index (χ0) is 11.5. The van der Waals surface area contributed by atoms with E-state index in [4.69, 9.17) is 0 Å². The van der Waals surface area contributed by atoms with Crippen LogP contribution in [-0.2, 0) is 0 Å². The molecule has 1 heterocycles. The van der Waals surface area contributed by atoms with E-state index in [-0.39, 0.29) is 0 Å².